The number of hydrogen-bond donors (Lipinski definition) is 2. The summed E-state index contributed by atoms with van der Waals surface area (Å²) >= 11 is 3.79. The predicted octanol–water partition coefficient (Wildman–Crippen LogP) is -2.04. The van der Waals surface area contributed by atoms with Crippen molar-refractivity contribution in [3.05, 3.63) is 0 Å². The standard InChI is InChI=1S/C3H8O3S3.Na.H/c4-9(5,6)3-1-2-8-7;;/h7H,1-3H2,(H,4,5,6);;/q;+1;-1. The van der Waals surface area contributed by atoms with Gasteiger partial charge in [0.2, 0.25) is 0 Å². The van der Waals surface area contributed by atoms with Crippen LogP contribution in [0.3, 0.4) is 0 Å². The minimum Gasteiger partial charge on any atom is -1.00 e. The molecule has 0 aromatic carbocycles. The third-order valence-corrected chi connectivity index (χ3v) is 2.46. The molecule has 0 saturated heterocycles. The third-order valence-electron chi connectivity index (χ3n) is 0.638. The van der Waals surface area contributed by atoms with Crippen molar-refractivity contribution in [1.29, 1.82) is 0 Å². The molecule has 0 aliphatic carbocycles. The largest absolute Gasteiger partial charge is 1.00 e. The average Bonchev–Trinajstić information content (AvgIpc) is 1.63. The van der Waals surface area contributed by atoms with Crippen LogP contribution in [-0.2, 0) is 10.1 Å². The second-order valence-corrected chi connectivity index (χ2v) is 4.49. The van der Waals surface area contributed by atoms with Gasteiger partial charge in [-0.05, 0) is 6.42 Å². The average molecular weight is 212 g/mol. The van der Waals surface area contributed by atoms with E-state index in [1.54, 1.807) is 0 Å². The van der Waals surface area contributed by atoms with Gasteiger partial charge in [-0.2, -0.15) is 8.42 Å². The molecule has 0 spiro atoms. The van der Waals surface area contributed by atoms with Crippen LogP contribution >= 0.6 is 22.5 Å². The van der Waals surface area contributed by atoms with Crippen molar-refractivity contribution in [2.75, 3.05) is 11.5 Å². The van der Waals surface area contributed by atoms with Crippen LogP contribution in [0.4, 0.5) is 0 Å². The van der Waals surface area contributed by atoms with E-state index < -0.39 is 10.1 Å². The summed E-state index contributed by atoms with van der Waals surface area (Å²) < 4.78 is 28.2. The van der Waals surface area contributed by atoms with Gasteiger partial charge >= 0.3 is 29.6 Å². The first-order chi connectivity index (χ1) is 4.06. The molecule has 0 aromatic heterocycles. The van der Waals surface area contributed by atoms with Gasteiger partial charge in [-0.3, -0.25) is 4.55 Å². The number of hydrogen-bond acceptors (Lipinski definition) is 4. The van der Waals surface area contributed by atoms with Gasteiger partial charge in [0.1, 0.15) is 0 Å². The maximum atomic E-state index is 10.0. The molecule has 3 nitrogen and oxygen atoms in total. The van der Waals surface area contributed by atoms with Gasteiger partial charge in [0, 0.05) is 5.75 Å². The van der Waals surface area contributed by atoms with Crippen molar-refractivity contribution in [1.82, 2.24) is 0 Å². The van der Waals surface area contributed by atoms with Crippen LogP contribution in [0.5, 0.6) is 0 Å². The molecule has 0 aliphatic rings. The maximum absolute atomic E-state index is 10.0. The van der Waals surface area contributed by atoms with Crippen molar-refractivity contribution < 1.29 is 44.0 Å². The molecule has 0 heterocycles. The molecule has 0 radical (unpaired) electrons. The topological polar surface area (TPSA) is 54.4 Å². The van der Waals surface area contributed by atoms with Crippen molar-refractivity contribution in [2.24, 2.45) is 0 Å². The normalized spacial score (nSPS) is 10.6. The molecule has 0 aliphatic heterocycles. The molecule has 7 heteroatoms. The van der Waals surface area contributed by atoms with Crippen LogP contribution in [0, 0.1) is 0 Å². The zero-order chi connectivity index (χ0) is 7.33. The van der Waals surface area contributed by atoms with E-state index in [2.05, 4.69) is 11.7 Å². The number of thiol groups is 1. The zero-order valence-corrected chi connectivity index (χ0v) is 10.2. The summed E-state index contributed by atoms with van der Waals surface area (Å²) in [4.78, 5) is 0. The fourth-order valence-corrected chi connectivity index (χ4v) is 1.66. The fraction of sp³-hybridized carbons (Fsp3) is 1.00. The van der Waals surface area contributed by atoms with Gasteiger partial charge in [-0.25, -0.2) is 0 Å². The van der Waals surface area contributed by atoms with Crippen LogP contribution in [0.1, 0.15) is 7.85 Å². The molecule has 0 rings (SSSR count). The Morgan fingerprint density at radius 2 is 2.10 bits per heavy atom. The first-order valence-corrected chi connectivity index (χ1v) is 5.92. The summed E-state index contributed by atoms with van der Waals surface area (Å²) in [6, 6.07) is 0. The predicted molar refractivity (Wildman–Crippen MR) is 43.6 cm³/mol. The van der Waals surface area contributed by atoms with E-state index in [0.717, 1.165) is 0 Å². The molecular formula is C3H9NaO3S3. The molecule has 1 N–H and O–H groups in total. The van der Waals surface area contributed by atoms with E-state index in [1.807, 2.05) is 0 Å². The van der Waals surface area contributed by atoms with Gasteiger partial charge in [-0.15, -0.1) is 11.7 Å². The van der Waals surface area contributed by atoms with Crippen LogP contribution in [0.25, 0.3) is 0 Å². The minimum atomic E-state index is -3.74. The number of rotatable bonds is 4. The summed E-state index contributed by atoms with van der Waals surface area (Å²) in [7, 11) is -2.48. The van der Waals surface area contributed by atoms with E-state index in [9.17, 15) is 8.42 Å². The second-order valence-electron chi connectivity index (χ2n) is 1.47. The SMILES string of the molecule is O=S(=O)(O)CCCSS.[H-].[Na+]. The first kappa shape index (κ1) is 14.2. The Morgan fingerprint density at radius 1 is 1.60 bits per heavy atom. The van der Waals surface area contributed by atoms with Crippen molar-refractivity contribution >= 4 is 32.6 Å². The van der Waals surface area contributed by atoms with Crippen LogP contribution < -0.4 is 29.6 Å². The second kappa shape index (κ2) is 7.27. The molecule has 0 amide bonds. The summed E-state index contributed by atoms with van der Waals surface area (Å²) in [5.74, 6) is 0.476. The van der Waals surface area contributed by atoms with Gasteiger partial charge in [-0.1, -0.05) is 10.8 Å². The van der Waals surface area contributed by atoms with Crippen LogP contribution in [0.2, 0.25) is 0 Å². The van der Waals surface area contributed by atoms with Gasteiger partial charge in [0.05, 0.1) is 5.75 Å². The van der Waals surface area contributed by atoms with Gasteiger partial charge in [0.25, 0.3) is 10.1 Å². The minimum absolute atomic E-state index is 0. The summed E-state index contributed by atoms with van der Waals surface area (Å²) in [6.07, 6.45) is 0.451. The van der Waals surface area contributed by atoms with E-state index in [1.165, 1.54) is 10.8 Å². The van der Waals surface area contributed by atoms with E-state index >= 15 is 0 Å². The van der Waals surface area contributed by atoms with E-state index in [0.29, 0.717) is 12.2 Å². The Hall–Kier alpha value is 1.61. The van der Waals surface area contributed by atoms with Gasteiger partial charge in [0.15, 0.2) is 0 Å². The monoisotopic (exact) mass is 212 g/mol. The molecule has 10 heavy (non-hydrogen) atoms. The van der Waals surface area contributed by atoms with Gasteiger partial charge < -0.3 is 1.43 Å². The molecule has 0 unspecified atom stereocenters. The van der Waals surface area contributed by atoms with Crippen molar-refractivity contribution in [2.45, 2.75) is 6.42 Å². The summed E-state index contributed by atoms with van der Waals surface area (Å²) in [6.45, 7) is 0. The third kappa shape index (κ3) is 12.3. The van der Waals surface area contributed by atoms with Crippen LogP contribution in [-0.4, -0.2) is 24.5 Å². The Bertz CT molecular complexity index is 159. The maximum Gasteiger partial charge on any atom is 1.00 e. The summed E-state index contributed by atoms with van der Waals surface area (Å²) in [5, 5.41) is 0. The van der Waals surface area contributed by atoms with Crippen LogP contribution in [0.15, 0.2) is 0 Å². The summed E-state index contributed by atoms with van der Waals surface area (Å²) in [5.41, 5.74) is 0. The van der Waals surface area contributed by atoms with E-state index in [4.69, 9.17) is 4.55 Å². The van der Waals surface area contributed by atoms with Crippen molar-refractivity contribution in [3.63, 3.8) is 0 Å². The molecule has 0 aromatic rings. The zero-order valence-electron chi connectivity index (χ0n) is 6.65. The smallest absolute Gasteiger partial charge is 1.00 e. The molecule has 0 bridgehead atoms. The molecule has 58 valence electrons. The molecule has 0 saturated carbocycles. The Balaban J connectivity index is -0.000000320. The Labute approximate surface area is 93.7 Å². The Kier molecular flexibility index (Phi) is 10.3. The molecule has 0 atom stereocenters. The first-order valence-electron chi connectivity index (χ1n) is 2.28. The molecule has 0 fully saturated rings. The van der Waals surface area contributed by atoms with Crippen molar-refractivity contribution in [3.8, 4) is 0 Å². The van der Waals surface area contributed by atoms with E-state index in [-0.39, 0.29) is 36.7 Å². The molecular weight excluding hydrogens is 203 g/mol. The Morgan fingerprint density at radius 3 is 2.40 bits per heavy atom. The quantitative estimate of drug-likeness (QED) is 0.185. The fourth-order valence-electron chi connectivity index (χ4n) is 0.306.